The van der Waals surface area contributed by atoms with Crippen molar-refractivity contribution in [1.82, 2.24) is 4.90 Å². The molecule has 0 unspecified atom stereocenters. The van der Waals surface area contributed by atoms with Crippen molar-refractivity contribution in [2.45, 2.75) is 0 Å². The Balaban J connectivity index is 2.05. The van der Waals surface area contributed by atoms with E-state index in [0.717, 1.165) is 15.9 Å². The molecule has 0 N–H and O–H groups in total. The normalized spacial score (nSPS) is 11.7. The summed E-state index contributed by atoms with van der Waals surface area (Å²) in [6.45, 7) is 0.648. The minimum absolute atomic E-state index is 0.123. The molecule has 156 valence electrons. The number of benzene rings is 3. The second kappa shape index (κ2) is 10.1. The van der Waals surface area contributed by atoms with Crippen LogP contribution in [0, 0.1) is 0 Å². The first-order chi connectivity index (χ1) is 14.5. The molecule has 0 amide bonds. The standard InChI is InChI=1S/C24H26NO4P/c1-25(2)18-19-28-23(26)24(27)29-30(20-12-6-3-7-13-20,21-14-8-4-9-15-21)22-16-10-5-11-17-22/h3-17,30H,18-19H2,1-2H3. The molecule has 0 saturated heterocycles. The molecule has 5 nitrogen and oxygen atoms in total. The monoisotopic (exact) mass is 423 g/mol. The van der Waals surface area contributed by atoms with Gasteiger partial charge in [0.25, 0.3) is 0 Å². The molecular weight excluding hydrogens is 397 g/mol. The van der Waals surface area contributed by atoms with E-state index >= 15 is 0 Å². The van der Waals surface area contributed by atoms with E-state index in [1.807, 2.05) is 110 Å². The molecule has 0 atom stereocenters. The molecule has 3 aromatic rings. The van der Waals surface area contributed by atoms with Crippen LogP contribution < -0.4 is 15.9 Å². The van der Waals surface area contributed by atoms with Crippen LogP contribution in [0.4, 0.5) is 0 Å². The Morgan fingerprint density at radius 2 is 1.10 bits per heavy atom. The topological polar surface area (TPSA) is 55.8 Å². The Bertz CT molecular complexity index is 866. The molecule has 0 aliphatic rings. The van der Waals surface area contributed by atoms with Crippen molar-refractivity contribution < 1.29 is 18.8 Å². The zero-order valence-corrected chi connectivity index (χ0v) is 18.2. The van der Waals surface area contributed by atoms with Crippen molar-refractivity contribution in [3.63, 3.8) is 0 Å². The van der Waals surface area contributed by atoms with E-state index in [9.17, 15) is 9.59 Å². The Morgan fingerprint density at radius 3 is 1.47 bits per heavy atom. The van der Waals surface area contributed by atoms with E-state index < -0.39 is 19.4 Å². The summed E-state index contributed by atoms with van der Waals surface area (Å²) >= 11 is 0. The molecule has 0 fully saturated rings. The summed E-state index contributed by atoms with van der Waals surface area (Å²) in [7, 11) is 0.459. The summed E-state index contributed by atoms with van der Waals surface area (Å²) in [6.07, 6.45) is 0. The summed E-state index contributed by atoms with van der Waals surface area (Å²) in [5.41, 5.74) is 0. The SMILES string of the molecule is CN(C)CCOC(=O)C(=O)O[PH](c1ccccc1)(c1ccccc1)c1ccccc1. The summed E-state index contributed by atoms with van der Waals surface area (Å²) in [5, 5.41) is 2.62. The van der Waals surface area contributed by atoms with Gasteiger partial charge in [-0.3, -0.25) is 0 Å². The Kier molecular flexibility index (Phi) is 7.34. The average molecular weight is 423 g/mol. The number of nitrogens with zero attached hydrogens (tertiary/aromatic N) is 1. The molecule has 0 aliphatic heterocycles. The number of ether oxygens (including phenoxy) is 1. The number of rotatable bonds is 7. The summed E-state index contributed by atoms with van der Waals surface area (Å²) in [6, 6.07) is 28.8. The van der Waals surface area contributed by atoms with Gasteiger partial charge in [0.1, 0.15) is 0 Å². The van der Waals surface area contributed by atoms with Gasteiger partial charge in [-0.25, -0.2) is 0 Å². The summed E-state index contributed by atoms with van der Waals surface area (Å²) in [5.74, 6) is -1.95. The van der Waals surface area contributed by atoms with Gasteiger partial charge in [0.05, 0.1) is 0 Å². The number of esters is 1. The first-order valence-electron chi connectivity index (χ1n) is 9.75. The van der Waals surface area contributed by atoms with Gasteiger partial charge in [-0.2, -0.15) is 0 Å². The van der Waals surface area contributed by atoms with Gasteiger partial charge in [-0.05, 0) is 0 Å². The van der Waals surface area contributed by atoms with Crippen molar-refractivity contribution >= 4 is 35.3 Å². The van der Waals surface area contributed by atoms with Crippen LogP contribution in [0.5, 0.6) is 0 Å². The van der Waals surface area contributed by atoms with Crippen LogP contribution in [-0.4, -0.2) is 44.1 Å². The fourth-order valence-electron chi connectivity index (χ4n) is 3.26. The minimum atomic E-state index is -3.27. The Labute approximate surface area is 177 Å². The van der Waals surface area contributed by atoms with Crippen molar-refractivity contribution in [1.29, 1.82) is 0 Å². The molecule has 3 aromatic carbocycles. The molecular formula is C24H26NO4P. The van der Waals surface area contributed by atoms with Crippen LogP contribution in [0.2, 0.25) is 0 Å². The Hall–Kier alpha value is -3.01. The molecule has 6 heteroatoms. The molecule has 0 spiro atoms. The predicted molar refractivity (Wildman–Crippen MR) is 122 cm³/mol. The molecule has 3 rings (SSSR count). The van der Waals surface area contributed by atoms with Crippen molar-refractivity contribution in [2.75, 3.05) is 27.2 Å². The van der Waals surface area contributed by atoms with Crippen LogP contribution in [0.15, 0.2) is 91.0 Å². The van der Waals surface area contributed by atoms with Crippen LogP contribution in [0.1, 0.15) is 0 Å². The maximum atomic E-state index is 12.9. The third-order valence-corrected chi connectivity index (χ3v) is 8.66. The molecule has 0 aromatic heterocycles. The zero-order valence-electron chi connectivity index (χ0n) is 17.2. The second-order valence-corrected chi connectivity index (χ2v) is 10.4. The fourth-order valence-corrected chi connectivity index (χ4v) is 6.96. The van der Waals surface area contributed by atoms with E-state index in [1.165, 1.54) is 0 Å². The molecule has 0 saturated carbocycles. The van der Waals surface area contributed by atoms with E-state index in [0.29, 0.717) is 6.54 Å². The van der Waals surface area contributed by atoms with E-state index in [4.69, 9.17) is 9.26 Å². The Morgan fingerprint density at radius 1 is 0.700 bits per heavy atom. The summed E-state index contributed by atoms with van der Waals surface area (Å²) in [4.78, 5) is 27.2. The van der Waals surface area contributed by atoms with E-state index in [1.54, 1.807) is 0 Å². The molecule has 0 bridgehead atoms. The van der Waals surface area contributed by atoms with E-state index in [2.05, 4.69) is 0 Å². The maximum absolute atomic E-state index is 12.9. The summed E-state index contributed by atoms with van der Waals surface area (Å²) < 4.78 is 11.3. The van der Waals surface area contributed by atoms with Gasteiger partial charge >= 0.3 is 177 Å². The van der Waals surface area contributed by atoms with Crippen LogP contribution >= 0.6 is 7.49 Å². The predicted octanol–water partition coefficient (Wildman–Crippen LogP) is 2.28. The first-order valence-corrected chi connectivity index (χ1v) is 11.7. The van der Waals surface area contributed by atoms with Gasteiger partial charge in [0, 0.05) is 0 Å². The molecule has 0 radical (unpaired) electrons. The molecule has 0 heterocycles. The van der Waals surface area contributed by atoms with Crippen molar-refractivity contribution in [3.05, 3.63) is 91.0 Å². The number of carbonyl (C=O) groups excluding carboxylic acids is 2. The molecule has 0 aliphatic carbocycles. The fraction of sp³-hybridized carbons (Fsp3) is 0.167. The average Bonchev–Trinajstić information content (AvgIpc) is 2.78. The number of hydrogen-bond donors (Lipinski definition) is 0. The zero-order chi connectivity index (χ0) is 21.4. The van der Waals surface area contributed by atoms with Gasteiger partial charge in [0.2, 0.25) is 0 Å². The van der Waals surface area contributed by atoms with E-state index in [-0.39, 0.29) is 6.61 Å². The molecule has 30 heavy (non-hydrogen) atoms. The number of likely N-dealkylation sites (N-methyl/N-ethyl adjacent to an activating group) is 1. The van der Waals surface area contributed by atoms with Crippen molar-refractivity contribution in [3.8, 4) is 0 Å². The third kappa shape index (κ3) is 4.93. The van der Waals surface area contributed by atoms with Gasteiger partial charge in [0.15, 0.2) is 0 Å². The number of carbonyl (C=O) groups is 2. The van der Waals surface area contributed by atoms with Gasteiger partial charge < -0.3 is 0 Å². The van der Waals surface area contributed by atoms with Crippen LogP contribution in [0.3, 0.4) is 0 Å². The second-order valence-electron chi connectivity index (χ2n) is 7.11. The number of hydrogen-bond acceptors (Lipinski definition) is 5. The third-order valence-electron chi connectivity index (χ3n) is 4.73. The van der Waals surface area contributed by atoms with Gasteiger partial charge in [-0.1, -0.05) is 0 Å². The van der Waals surface area contributed by atoms with Crippen LogP contribution in [-0.2, 0) is 18.8 Å². The van der Waals surface area contributed by atoms with Gasteiger partial charge in [-0.15, -0.1) is 0 Å². The first kappa shape index (κ1) is 21.7. The van der Waals surface area contributed by atoms with Crippen molar-refractivity contribution in [2.24, 2.45) is 0 Å². The quantitative estimate of drug-likeness (QED) is 0.332. The van der Waals surface area contributed by atoms with Crippen LogP contribution in [0.25, 0.3) is 0 Å².